The largest absolute Gasteiger partial charge is 0.321 e. The van der Waals surface area contributed by atoms with Crippen LogP contribution in [-0.4, -0.2) is 24.1 Å². The lowest BCUT2D eigenvalue weighted by molar-refractivity contribution is 0.0984. The first kappa shape index (κ1) is 17.8. The van der Waals surface area contributed by atoms with Gasteiger partial charge in [-0.1, -0.05) is 24.3 Å². The number of hydrogen-bond acceptors (Lipinski definition) is 4. The molecule has 0 spiro atoms. The lowest BCUT2D eigenvalue weighted by Crippen LogP contribution is -2.31. The number of anilines is 2. The molecule has 2 heterocycles. The van der Waals surface area contributed by atoms with Crippen LogP contribution in [0, 0.1) is 0 Å². The molecule has 4 nitrogen and oxygen atoms in total. The second kappa shape index (κ2) is 7.98. The van der Waals surface area contributed by atoms with E-state index in [-0.39, 0.29) is 11.8 Å². The summed E-state index contributed by atoms with van der Waals surface area (Å²) in [5.41, 5.74) is 2.15. The Balaban J connectivity index is 1.58. The molecule has 1 N–H and O–H groups in total. The summed E-state index contributed by atoms with van der Waals surface area (Å²) in [5, 5.41) is 4.74. The van der Waals surface area contributed by atoms with Gasteiger partial charge in [-0.15, -0.1) is 23.1 Å². The SMILES string of the molecule is O=C(Nc1cccc(C(=O)N2CCCSc3ccccc32)c1)c1cccs1. The Bertz CT molecular complexity index is 970. The van der Waals surface area contributed by atoms with Crippen LogP contribution in [0.1, 0.15) is 26.5 Å². The number of amides is 2. The average molecular weight is 395 g/mol. The standard InChI is InChI=1S/C21H18N2O2S2/c24-20(19-10-4-12-27-19)22-16-7-3-6-15(14-16)21(25)23-11-5-13-26-18-9-2-1-8-17(18)23/h1-4,6-10,12,14H,5,11,13H2,(H,22,24). The van der Waals surface area contributed by atoms with Crippen molar-refractivity contribution >= 4 is 46.3 Å². The van der Waals surface area contributed by atoms with Crippen LogP contribution in [-0.2, 0) is 0 Å². The zero-order chi connectivity index (χ0) is 18.6. The van der Waals surface area contributed by atoms with Crippen molar-refractivity contribution in [3.63, 3.8) is 0 Å². The minimum Gasteiger partial charge on any atom is -0.321 e. The maximum absolute atomic E-state index is 13.2. The van der Waals surface area contributed by atoms with Crippen molar-refractivity contribution in [3.05, 3.63) is 76.5 Å². The van der Waals surface area contributed by atoms with Crippen LogP contribution in [0.2, 0.25) is 0 Å². The van der Waals surface area contributed by atoms with Gasteiger partial charge in [0.05, 0.1) is 10.6 Å². The number of fused-ring (bicyclic) bond motifs is 1. The van der Waals surface area contributed by atoms with Crippen molar-refractivity contribution < 1.29 is 9.59 Å². The van der Waals surface area contributed by atoms with E-state index in [1.165, 1.54) is 11.3 Å². The van der Waals surface area contributed by atoms with Gasteiger partial charge in [-0.3, -0.25) is 9.59 Å². The predicted molar refractivity (Wildman–Crippen MR) is 112 cm³/mol. The molecule has 0 radical (unpaired) electrons. The third-order valence-corrected chi connectivity index (χ3v) is 6.31. The predicted octanol–water partition coefficient (Wildman–Crippen LogP) is 5.14. The first-order chi connectivity index (χ1) is 13.2. The normalized spacial score (nSPS) is 13.6. The first-order valence-corrected chi connectivity index (χ1v) is 10.6. The number of carbonyl (C=O) groups excluding carboxylic acids is 2. The number of thioether (sulfide) groups is 1. The Hall–Kier alpha value is -2.57. The van der Waals surface area contributed by atoms with Crippen molar-refractivity contribution in [2.24, 2.45) is 0 Å². The summed E-state index contributed by atoms with van der Waals surface area (Å²) in [6, 6.07) is 18.8. The molecule has 6 heteroatoms. The van der Waals surface area contributed by atoms with Crippen LogP contribution >= 0.6 is 23.1 Å². The Morgan fingerprint density at radius 3 is 2.74 bits per heavy atom. The number of nitrogens with zero attached hydrogens (tertiary/aromatic N) is 1. The molecule has 1 aliphatic heterocycles. The monoisotopic (exact) mass is 394 g/mol. The molecular formula is C21H18N2O2S2. The molecule has 2 amide bonds. The van der Waals surface area contributed by atoms with E-state index in [0.717, 1.165) is 22.8 Å². The van der Waals surface area contributed by atoms with Gasteiger partial charge in [0.25, 0.3) is 11.8 Å². The number of thiophene rings is 1. The van der Waals surface area contributed by atoms with Crippen LogP contribution in [0.15, 0.2) is 70.9 Å². The van der Waals surface area contributed by atoms with E-state index in [0.29, 0.717) is 22.7 Å². The van der Waals surface area contributed by atoms with Crippen LogP contribution in [0.5, 0.6) is 0 Å². The van der Waals surface area contributed by atoms with Gasteiger partial charge in [0.15, 0.2) is 0 Å². The second-order valence-electron chi connectivity index (χ2n) is 6.14. The maximum Gasteiger partial charge on any atom is 0.265 e. The van der Waals surface area contributed by atoms with Crippen LogP contribution in [0.4, 0.5) is 11.4 Å². The summed E-state index contributed by atoms with van der Waals surface area (Å²) < 4.78 is 0. The number of carbonyl (C=O) groups is 2. The van der Waals surface area contributed by atoms with E-state index in [4.69, 9.17) is 0 Å². The van der Waals surface area contributed by atoms with Crippen LogP contribution in [0.25, 0.3) is 0 Å². The molecule has 0 saturated carbocycles. The maximum atomic E-state index is 13.2. The molecule has 1 aliphatic rings. The van der Waals surface area contributed by atoms with Crippen LogP contribution < -0.4 is 10.2 Å². The summed E-state index contributed by atoms with van der Waals surface area (Å²) in [6.07, 6.45) is 0.944. The van der Waals surface area contributed by atoms with E-state index in [1.54, 1.807) is 42.1 Å². The Morgan fingerprint density at radius 1 is 1.00 bits per heavy atom. The highest BCUT2D eigenvalue weighted by Gasteiger charge is 2.22. The highest BCUT2D eigenvalue weighted by molar-refractivity contribution is 7.99. The van der Waals surface area contributed by atoms with E-state index >= 15 is 0 Å². The lowest BCUT2D eigenvalue weighted by atomic mass is 10.1. The van der Waals surface area contributed by atoms with Gasteiger partial charge >= 0.3 is 0 Å². The topological polar surface area (TPSA) is 49.4 Å². The fourth-order valence-electron chi connectivity index (χ4n) is 3.02. The third kappa shape index (κ3) is 3.91. The van der Waals surface area contributed by atoms with Crippen molar-refractivity contribution in [1.82, 2.24) is 0 Å². The molecule has 0 atom stereocenters. The molecule has 1 aromatic heterocycles. The third-order valence-electron chi connectivity index (χ3n) is 4.30. The molecule has 0 fully saturated rings. The molecular weight excluding hydrogens is 376 g/mol. The van der Waals surface area contributed by atoms with Gasteiger partial charge in [-0.05, 0) is 54.0 Å². The van der Waals surface area contributed by atoms with Crippen molar-refractivity contribution in [2.75, 3.05) is 22.5 Å². The number of nitrogens with one attached hydrogen (secondary N) is 1. The number of hydrogen-bond donors (Lipinski definition) is 1. The van der Waals surface area contributed by atoms with Crippen molar-refractivity contribution in [2.45, 2.75) is 11.3 Å². The van der Waals surface area contributed by atoms with Crippen molar-refractivity contribution in [3.8, 4) is 0 Å². The number of para-hydroxylation sites is 1. The summed E-state index contributed by atoms with van der Waals surface area (Å²) in [7, 11) is 0. The minimum atomic E-state index is -0.161. The van der Waals surface area contributed by atoms with Gasteiger partial charge in [0, 0.05) is 22.7 Å². The second-order valence-corrected chi connectivity index (χ2v) is 8.22. The van der Waals surface area contributed by atoms with Crippen molar-refractivity contribution in [1.29, 1.82) is 0 Å². The summed E-state index contributed by atoms with van der Waals surface area (Å²) in [5.74, 6) is 0.792. The lowest BCUT2D eigenvalue weighted by Gasteiger charge is -2.22. The Labute approximate surface area is 166 Å². The zero-order valence-electron chi connectivity index (χ0n) is 14.6. The first-order valence-electron chi connectivity index (χ1n) is 8.71. The molecule has 136 valence electrons. The fraction of sp³-hybridized carbons (Fsp3) is 0.143. The zero-order valence-corrected chi connectivity index (χ0v) is 16.2. The van der Waals surface area contributed by atoms with Gasteiger partial charge in [0.2, 0.25) is 0 Å². The molecule has 0 aliphatic carbocycles. The van der Waals surface area contributed by atoms with Crippen LogP contribution in [0.3, 0.4) is 0 Å². The molecule has 3 aromatic rings. The molecule has 4 rings (SSSR count). The van der Waals surface area contributed by atoms with E-state index in [1.807, 2.05) is 34.5 Å². The fourth-order valence-corrected chi connectivity index (χ4v) is 4.64. The summed E-state index contributed by atoms with van der Waals surface area (Å²) in [4.78, 5) is 29.1. The quantitative estimate of drug-likeness (QED) is 0.669. The number of rotatable bonds is 3. The van der Waals surface area contributed by atoms with E-state index in [2.05, 4.69) is 11.4 Å². The molecule has 0 saturated heterocycles. The minimum absolute atomic E-state index is 0.0443. The molecule has 0 bridgehead atoms. The molecule has 2 aromatic carbocycles. The smallest absolute Gasteiger partial charge is 0.265 e. The van der Waals surface area contributed by atoms with Gasteiger partial charge in [-0.2, -0.15) is 0 Å². The van der Waals surface area contributed by atoms with Gasteiger partial charge in [0.1, 0.15) is 0 Å². The Kier molecular flexibility index (Phi) is 5.27. The van der Waals surface area contributed by atoms with Gasteiger partial charge < -0.3 is 10.2 Å². The highest BCUT2D eigenvalue weighted by atomic mass is 32.2. The molecule has 27 heavy (non-hydrogen) atoms. The van der Waals surface area contributed by atoms with E-state index < -0.39 is 0 Å². The summed E-state index contributed by atoms with van der Waals surface area (Å²) >= 11 is 3.17. The summed E-state index contributed by atoms with van der Waals surface area (Å²) in [6.45, 7) is 0.689. The number of benzene rings is 2. The average Bonchev–Trinajstić information content (AvgIpc) is 3.15. The van der Waals surface area contributed by atoms with E-state index in [9.17, 15) is 9.59 Å². The Morgan fingerprint density at radius 2 is 1.89 bits per heavy atom. The van der Waals surface area contributed by atoms with Gasteiger partial charge in [-0.25, -0.2) is 0 Å². The molecule has 0 unspecified atom stereocenters. The highest BCUT2D eigenvalue weighted by Crippen LogP contribution is 2.34.